The second kappa shape index (κ2) is 6.29. The number of hydrogen-bond acceptors (Lipinski definition) is 5. The van der Waals surface area contributed by atoms with Gasteiger partial charge in [0.1, 0.15) is 12.3 Å². The minimum Gasteiger partial charge on any atom is -0.474 e. The van der Waals surface area contributed by atoms with Crippen molar-refractivity contribution in [2.45, 2.75) is 0 Å². The van der Waals surface area contributed by atoms with Crippen LogP contribution in [0.2, 0.25) is 0 Å². The fraction of sp³-hybridized carbons (Fsp3) is 0.571. The molecule has 1 saturated heterocycles. The molecule has 6 nitrogen and oxygen atoms in total. The Kier molecular flexibility index (Phi) is 4.42. The van der Waals surface area contributed by atoms with Crippen LogP contribution in [0.5, 0.6) is 5.88 Å². The lowest BCUT2D eigenvalue weighted by molar-refractivity contribution is -0.120. The molecule has 2 aliphatic rings. The van der Waals surface area contributed by atoms with Gasteiger partial charge in [0.2, 0.25) is 11.8 Å². The number of likely N-dealkylation sites (N-methyl/N-ethyl adjacent to an activating group) is 1. The topological polar surface area (TPSA) is 48.9 Å². The van der Waals surface area contributed by atoms with Crippen LogP contribution in [0.25, 0.3) is 0 Å². The normalized spacial score (nSPS) is 20.0. The predicted octanol–water partition coefficient (Wildman–Crippen LogP) is 0.817. The van der Waals surface area contributed by atoms with Gasteiger partial charge in [-0.15, -0.1) is 0 Å². The first-order valence-electron chi connectivity index (χ1n) is 7.13. The number of rotatable bonds is 2. The number of nitrogens with zero attached hydrogens (tertiary/aromatic N) is 4. The Morgan fingerprint density at radius 2 is 2.10 bits per heavy atom. The SMILES string of the molecule is CN1CCN(CC(=O)N2CCOc3ncc(Br)cc32)CC1. The monoisotopic (exact) mass is 354 g/mol. The van der Waals surface area contributed by atoms with Gasteiger partial charge in [-0.05, 0) is 29.0 Å². The van der Waals surface area contributed by atoms with Gasteiger partial charge in [-0.3, -0.25) is 9.69 Å². The molecule has 1 aromatic rings. The highest BCUT2D eigenvalue weighted by Gasteiger charge is 2.27. The number of piperazine rings is 1. The number of ether oxygens (including phenoxy) is 1. The summed E-state index contributed by atoms with van der Waals surface area (Å²) in [7, 11) is 2.11. The van der Waals surface area contributed by atoms with Gasteiger partial charge >= 0.3 is 0 Å². The van der Waals surface area contributed by atoms with Gasteiger partial charge in [-0.2, -0.15) is 0 Å². The molecule has 0 N–H and O–H groups in total. The standard InChI is InChI=1S/C14H19BrN4O2/c1-17-2-4-18(5-3-17)10-13(20)19-6-7-21-14-12(19)8-11(15)9-16-14/h8-9H,2-7,10H2,1H3. The van der Waals surface area contributed by atoms with Gasteiger partial charge in [0.15, 0.2) is 0 Å². The Bertz CT molecular complexity index is 532. The number of fused-ring (bicyclic) bond motifs is 1. The van der Waals surface area contributed by atoms with E-state index in [-0.39, 0.29) is 5.91 Å². The maximum atomic E-state index is 12.6. The minimum absolute atomic E-state index is 0.115. The summed E-state index contributed by atoms with van der Waals surface area (Å²) in [5, 5.41) is 0. The summed E-state index contributed by atoms with van der Waals surface area (Å²) in [4.78, 5) is 23.1. The lowest BCUT2D eigenvalue weighted by Crippen LogP contribution is -2.50. The molecule has 0 aromatic carbocycles. The zero-order valence-electron chi connectivity index (χ0n) is 12.1. The first-order valence-corrected chi connectivity index (χ1v) is 7.92. The maximum absolute atomic E-state index is 12.6. The molecule has 1 fully saturated rings. The van der Waals surface area contributed by atoms with Gasteiger partial charge in [-0.25, -0.2) is 4.98 Å². The summed E-state index contributed by atoms with van der Waals surface area (Å²) < 4.78 is 6.37. The molecule has 2 aliphatic heterocycles. The van der Waals surface area contributed by atoms with Crippen LogP contribution in [-0.4, -0.2) is 73.6 Å². The fourth-order valence-electron chi connectivity index (χ4n) is 2.62. The molecule has 1 aromatic heterocycles. The zero-order valence-corrected chi connectivity index (χ0v) is 13.7. The Morgan fingerprint density at radius 3 is 2.86 bits per heavy atom. The molecule has 3 heterocycles. The molecular formula is C14H19BrN4O2. The van der Waals surface area contributed by atoms with Gasteiger partial charge in [0, 0.05) is 36.8 Å². The van der Waals surface area contributed by atoms with E-state index in [1.807, 2.05) is 6.07 Å². The summed E-state index contributed by atoms with van der Waals surface area (Å²) in [6.45, 7) is 5.44. The average molecular weight is 355 g/mol. The van der Waals surface area contributed by atoms with Gasteiger partial charge in [-0.1, -0.05) is 0 Å². The minimum atomic E-state index is 0.115. The molecule has 0 saturated carbocycles. The highest BCUT2D eigenvalue weighted by atomic mass is 79.9. The Morgan fingerprint density at radius 1 is 1.33 bits per heavy atom. The Hall–Kier alpha value is -1.18. The molecule has 21 heavy (non-hydrogen) atoms. The van der Waals surface area contributed by atoms with Crippen LogP contribution in [0, 0.1) is 0 Å². The summed E-state index contributed by atoms with van der Waals surface area (Å²) in [5.74, 6) is 0.653. The summed E-state index contributed by atoms with van der Waals surface area (Å²) >= 11 is 3.40. The van der Waals surface area contributed by atoms with Crippen molar-refractivity contribution in [1.82, 2.24) is 14.8 Å². The van der Waals surface area contributed by atoms with Crippen molar-refractivity contribution >= 4 is 27.5 Å². The molecule has 0 bridgehead atoms. The predicted molar refractivity (Wildman–Crippen MR) is 83.7 cm³/mol. The molecule has 7 heteroatoms. The molecule has 1 amide bonds. The van der Waals surface area contributed by atoms with Crippen molar-refractivity contribution in [2.24, 2.45) is 0 Å². The van der Waals surface area contributed by atoms with Crippen molar-refractivity contribution in [3.05, 3.63) is 16.7 Å². The third-order valence-electron chi connectivity index (χ3n) is 3.90. The molecule has 0 spiro atoms. The van der Waals surface area contributed by atoms with Crippen LogP contribution in [0.4, 0.5) is 5.69 Å². The highest BCUT2D eigenvalue weighted by molar-refractivity contribution is 9.10. The second-order valence-electron chi connectivity index (χ2n) is 5.45. The number of pyridine rings is 1. The van der Waals surface area contributed by atoms with Crippen LogP contribution in [0.3, 0.4) is 0 Å². The van der Waals surface area contributed by atoms with Gasteiger partial charge in [0.05, 0.1) is 13.1 Å². The molecule has 0 atom stereocenters. The van der Waals surface area contributed by atoms with E-state index >= 15 is 0 Å². The number of carbonyl (C=O) groups excluding carboxylic acids is 1. The third-order valence-corrected chi connectivity index (χ3v) is 4.33. The molecule has 0 unspecified atom stereocenters. The number of aromatic nitrogens is 1. The van der Waals surface area contributed by atoms with E-state index in [1.54, 1.807) is 11.1 Å². The van der Waals surface area contributed by atoms with E-state index in [0.717, 1.165) is 36.3 Å². The Balaban J connectivity index is 1.70. The number of hydrogen-bond donors (Lipinski definition) is 0. The summed E-state index contributed by atoms with van der Waals surface area (Å²) in [5.41, 5.74) is 0.759. The zero-order chi connectivity index (χ0) is 14.8. The molecule has 3 rings (SSSR count). The highest BCUT2D eigenvalue weighted by Crippen LogP contribution is 2.31. The smallest absolute Gasteiger partial charge is 0.241 e. The fourth-order valence-corrected chi connectivity index (χ4v) is 2.94. The van der Waals surface area contributed by atoms with Crippen molar-refractivity contribution in [3.63, 3.8) is 0 Å². The average Bonchev–Trinajstić information content (AvgIpc) is 2.49. The van der Waals surface area contributed by atoms with Crippen LogP contribution in [0.1, 0.15) is 0 Å². The van der Waals surface area contributed by atoms with Gasteiger partial charge < -0.3 is 14.5 Å². The molecule has 0 radical (unpaired) electrons. The first-order chi connectivity index (χ1) is 10.1. The lowest BCUT2D eigenvalue weighted by atomic mass is 10.2. The summed E-state index contributed by atoms with van der Waals surface area (Å²) in [6, 6.07) is 1.89. The number of amides is 1. The van der Waals surface area contributed by atoms with Crippen molar-refractivity contribution < 1.29 is 9.53 Å². The second-order valence-corrected chi connectivity index (χ2v) is 6.37. The van der Waals surface area contributed by atoms with Crippen molar-refractivity contribution in [2.75, 3.05) is 57.8 Å². The van der Waals surface area contributed by atoms with Crippen LogP contribution < -0.4 is 9.64 Å². The van der Waals surface area contributed by atoms with E-state index in [1.165, 1.54) is 0 Å². The van der Waals surface area contributed by atoms with Crippen LogP contribution >= 0.6 is 15.9 Å². The first kappa shape index (κ1) is 14.7. The van der Waals surface area contributed by atoms with E-state index in [9.17, 15) is 4.79 Å². The number of carbonyl (C=O) groups is 1. The molecular weight excluding hydrogens is 336 g/mol. The third kappa shape index (κ3) is 3.36. The van der Waals surface area contributed by atoms with Crippen LogP contribution in [0.15, 0.2) is 16.7 Å². The molecule has 0 aliphatic carbocycles. The van der Waals surface area contributed by atoms with E-state index < -0.39 is 0 Å². The number of halogens is 1. The molecule has 114 valence electrons. The van der Waals surface area contributed by atoms with Crippen LogP contribution in [-0.2, 0) is 4.79 Å². The Labute approximate surface area is 132 Å². The number of anilines is 1. The van der Waals surface area contributed by atoms with E-state index in [4.69, 9.17) is 4.74 Å². The lowest BCUT2D eigenvalue weighted by Gasteiger charge is -2.34. The van der Waals surface area contributed by atoms with E-state index in [2.05, 4.69) is 37.8 Å². The van der Waals surface area contributed by atoms with Gasteiger partial charge in [0.25, 0.3) is 0 Å². The quantitative estimate of drug-likeness (QED) is 0.786. The largest absolute Gasteiger partial charge is 0.474 e. The maximum Gasteiger partial charge on any atom is 0.241 e. The summed E-state index contributed by atoms with van der Waals surface area (Å²) in [6.07, 6.45) is 1.69. The van der Waals surface area contributed by atoms with Crippen molar-refractivity contribution in [1.29, 1.82) is 0 Å². The van der Waals surface area contributed by atoms with E-state index in [0.29, 0.717) is 25.6 Å². The van der Waals surface area contributed by atoms with Crippen molar-refractivity contribution in [3.8, 4) is 5.88 Å².